The molecule has 0 saturated heterocycles. The first-order valence-corrected chi connectivity index (χ1v) is 10.4. The van der Waals surface area contributed by atoms with Crippen LogP contribution < -0.4 is 9.05 Å². The molecule has 2 aromatic rings. The summed E-state index contributed by atoms with van der Waals surface area (Å²) in [5.41, 5.74) is -0.274. The van der Waals surface area contributed by atoms with E-state index < -0.39 is 7.51 Å². The number of hydrogen-bond acceptors (Lipinski definition) is 3. The lowest BCUT2D eigenvalue weighted by molar-refractivity contribution is 0.411. The van der Waals surface area contributed by atoms with Crippen LogP contribution in [-0.2, 0) is 0 Å². The third-order valence-electron chi connectivity index (χ3n) is 4.01. The van der Waals surface area contributed by atoms with Crippen LogP contribution in [0.5, 0.6) is 11.5 Å². The van der Waals surface area contributed by atoms with Crippen LogP contribution in [-0.4, -0.2) is 10.7 Å². The van der Waals surface area contributed by atoms with Crippen LogP contribution in [0.1, 0.15) is 48.0 Å². The minimum Gasteiger partial charge on any atom is -0.430 e. The molecule has 0 heterocycles. The Morgan fingerprint density at radius 2 is 1.16 bits per heavy atom. The van der Waals surface area contributed by atoms with Crippen molar-refractivity contribution in [1.82, 2.24) is 0 Å². The summed E-state index contributed by atoms with van der Waals surface area (Å²) in [7, 11) is -2.64. The van der Waals surface area contributed by atoms with E-state index in [-0.39, 0.29) is 10.7 Å². The van der Waals surface area contributed by atoms with Crippen molar-refractivity contribution in [2.45, 2.75) is 58.7 Å². The van der Waals surface area contributed by atoms with Gasteiger partial charge in [0.25, 0.3) is 0 Å². The number of benzene rings is 2. The van der Waals surface area contributed by atoms with Crippen LogP contribution in [0.25, 0.3) is 0 Å². The van der Waals surface area contributed by atoms with Crippen LogP contribution in [0.2, 0.25) is 0 Å². The lowest BCUT2D eigenvalue weighted by atomic mass is 10.1. The van der Waals surface area contributed by atoms with E-state index >= 15 is 0 Å². The topological polar surface area (TPSA) is 30.8 Å². The maximum Gasteiger partial charge on any atom is 0.320 e. The fourth-order valence-corrected chi connectivity index (χ4v) is 5.17. The summed E-state index contributed by atoms with van der Waals surface area (Å²) in [6.07, 6.45) is 0.903. The van der Waals surface area contributed by atoms with Gasteiger partial charge in [0.1, 0.15) is 11.5 Å². The summed E-state index contributed by atoms with van der Waals surface area (Å²) in [5, 5.41) is -0.230. The van der Waals surface area contributed by atoms with Crippen LogP contribution in [0.3, 0.4) is 0 Å². The summed E-state index contributed by atoms with van der Waals surface area (Å²) in [4.78, 5) is 0. The molecule has 0 aliphatic heterocycles. The van der Waals surface area contributed by atoms with Gasteiger partial charge in [-0.3, -0.25) is 0 Å². The second-order valence-electron chi connectivity index (χ2n) is 7.77. The Balaban J connectivity index is 2.63. The normalized spacial score (nSPS) is 12.6. The van der Waals surface area contributed by atoms with Crippen molar-refractivity contribution in [3.63, 3.8) is 0 Å². The van der Waals surface area contributed by atoms with Gasteiger partial charge in [-0.05, 0) is 65.3 Å². The first kappa shape index (κ1) is 19.6. The standard InChI is InChI=1S/C21H30NO2P/c1-7-21(5,6)25(22-20(2,3)4,23-18-14-10-8-11-15-18)24-19-16-12-9-13-17-19/h8-17H,7H2,1-6H3. The van der Waals surface area contributed by atoms with Gasteiger partial charge in [-0.15, -0.1) is 0 Å². The zero-order valence-electron chi connectivity index (χ0n) is 16.2. The second kappa shape index (κ2) is 7.66. The zero-order chi connectivity index (χ0) is 18.6. The Morgan fingerprint density at radius 3 is 1.48 bits per heavy atom. The summed E-state index contributed by atoms with van der Waals surface area (Å²) in [6, 6.07) is 19.7. The van der Waals surface area contributed by atoms with Gasteiger partial charge >= 0.3 is 7.51 Å². The Labute approximate surface area is 152 Å². The molecule has 25 heavy (non-hydrogen) atoms. The first-order chi connectivity index (χ1) is 11.7. The minimum atomic E-state index is -2.64. The summed E-state index contributed by atoms with van der Waals surface area (Å²) in [6.45, 7) is 12.8. The van der Waals surface area contributed by atoms with Crippen molar-refractivity contribution in [1.29, 1.82) is 0 Å². The molecule has 0 atom stereocenters. The number of para-hydroxylation sites is 2. The second-order valence-corrected chi connectivity index (χ2v) is 10.6. The van der Waals surface area contributed by atoms with Gasteiger partial charge in [0, 0.05) is 0 Å². The van der Waals surface area contributed by atoms with Crippen molar-refractivity contribution in [3.05, 3.63) is 60.7 Å². The third kappa shape index (κ3) is 5.12. The molecule has 136 valence electrons. The van der Waals surface area contributed by atoms with Crippen LogP contribution in [0.4, 0.5) is 0 Å². The number of hydrogen-bond donors (Lipinski definition) is 0. The molecular formula is C21H30NO2P. The largest absolute Gasteiger partial charge is 0.430 e. The van der Waals surface area contributed by atoms with E-state index in [0.29, 0.717) is 0 Å². The molecule has 2 rings (SSSR count). The summed E-state index contributed by atoms with van der Waals surface area (Å²) < 4.78 is 18.3. The molecule has 0 saturated carbocycles. The van der Waals surface area contributed by atoms with Gasteiger partial charge < -0.3 is 9.05 Å². The average molecular weight is 359 g/mol. The van der Waals surface area contributed by atoms with Gasteiger partial charge in [0.15, 0.2) is 0 Å². The highest BCUT2D eigenvalue weighted by Gasteiger charge is 2.44. The van der Waals surface area contributed by atoms with Gasteiger partial charge in [-0.25, -0.2) is 4.74 Å². The van der Waals surface area contributed by atoms with Crippen molar-refractivity contribution >= 4 is 7.51 Å². The third-order valence-corrected chi connectivity index (χ3v) is 7.63. The quantitative estimate of drug-likeness (QED) is 0.512. The lowest BCUT2D eigenvalue weighted by Crippen LogP contribution is -2.28. The van der Waals surface area contributed by atoms with Crippen molar-refractivity contribution in [2.75, 3.05) is 0 Å². The highest BCUT2D eigenvalue weighted by molar-refractivity contribution is 7.59. The van der Waals surface area contributed by atoms with Gasteiger partial charge in [-0.2, -0.15) is 0 Å². The van der Waals surface area contributed by atoms with E-state index in [2.05, 4.69) is 41.5 Å². The minimum absolute atomic E-state index is 0.230. The fourth-order valence-electron chi connectivity index (χ4n) is 2.29. The maximum absolute atomic E-state index is 6.56. The van der Waals surface area contributed by atoms with Crippen molar-refractivity contribution in [3.8, 4) is 11.5 Å². The Morgan fingerprint density at radius 1 is 0.760 bits per heavy atom. The number of nitrogens with zero attached hydrogens (tertiary/aromatic N) is 1. The molecule has 0 radical (unpaired) electrons. The van der Waals surface area contributed by atoms with Crippen LogP contribution in [0, 0.1) is 0 Å². The van der Waals surface area contributed by atoms with E-state index in [0.717, 1.165) is 17.9 Å². The van der Waals surface area contributed by atoms with Crippen LogP contribution >= 0.6 is 7.51 Å². The number of rotatable bonds is 6. The molecule has 0 N–H and O–H groups in total. The molecule has 0 unspecified atom stereocenters. The van der Waals surface area contributed by atoms with Gasteiger partial charge in [0.2, 0.25) is 0 Å². The molecule has 0 spiro atoms. The molecule has 0 fully saturated rings. The SMILES string of the molecule is CCC(C)(C)P(=NC(C)(C)C)(Oc1ccccc1)Oc1ccccc1. The Hall–Kier alpha value is -1.73. The first-order valence-electron chi connectivity index (χ1n) is 8.80. The maximum atomic E-state index is 6.56. The van der Waals surface area contributed by atoms with E-state index in [4.69, 9.17) is 13.8 Å². The summed E-state index contributed by atoms with van der Waals surface area (Å²) >= 11 is 0. The van der Waals surface area contributed by atoms with E-state index in [9.17, 15) is 0 Å². The van der Waals surface area contributed by atoms with Crippen molar-refractivity contribution in [2.24, 2.45) is 4.74 Å². The van der Waals surface area contributed by atoms with E-state index in [1.165, 1.54) is 0 Å². The monoisotopic (exact) mass is 359 g/mol. The van der Waals surface area contributed by atoms with Gasteiger partial charge in [-0.1, -0.05) is 43.3 Å². The lowest BCUT2D eigenvalue weighted by Gasteiger charge is -2.39. The molecule has 3 nitrogen and oxygen atoms in total. The van der Waals surface area contributed by atoms with Gasteiger partial charge in [0.05, 0.1) is 10.7 Å². The average Bonchev–Trinajstić information content (AvgIpc) is 2.55. The molecule has 4 heteroatoms. The highest BCUT2D eigenvalue weighted by Crippen LogP contribution is 2.64. The van der Waals surface area contributed by atoms with E-state index in [1.54, 1.807) is 0 Å². The van der Waals surface area contributed by atoms with Crippen molar-refractivity contribution < 1.29 is 9.05 Å². The smallest absolute Gasteiger partial charge is 0.320 e. The summed E-state index contributed by atoms with van der Waals surface area (Å²) in [5.74, 6) is 1.59. The highest BCUT2D eigenvalue weighted by atomic mass is 31.2. The molecule has 0 aliphatic carbocycles. The molecule has 0 aromatic heterocycles. The predicted octanol–water partition coefficient (Wildman–Crippen LogP) is 7.16. The zero-order valence-corrected chi connectivity index (χ0v) is 17.1. The molecule has 0 amide bonds. The molecule has 2 aromatic carbocycles. The Kier molecular flexibility index (Phi) is 6.00. The molecule has 0 aliphatic rings. The van der Waals surface area contributed by atoms with E-state index in [1.807, 2.05) is 60.7 Å². The predicted molar refractivity (Wildman–Crippen MR) is 108 cm³/mol. The van der Waals surface area contributed by atoms with Crippen LogP contribution in [0.15, 0.2) is 65.4 Å². The Bertz CT molecular complexity index is 673. The molecule has 0 bridgehead atoms. The molecular weight excluding hydrogens is 329 g/mol. The fraction of sp³-hybridized carbons (Fsp3) is 0.429.